The largest absolute Gasteiger partial charge is 0.468 e. The van der Waals surface area contributed by atoms with Crippen LogP contribution < -0.4 is 5.32 Å². The maximum absolute atomic E-state index is 5.63. The van der Waals surface area contributed by atoms with Gasteiger partial charge in [0.05, 0.1) is 17.7 Å². The molecular weight excluding hydrogens is 370 g/mol. The van der Waals surface area contributed by atoms with Crippen molar-refractivity contribution in [1.82, 2.24) is 19.9 Å². The quantitative estimate of drug-likeness (QED) is 0.513. The van der Waals surface area contributed by atoms with Crippen LogP contribution in [0.5, 0.6) is 0 Å². The summed E-state index contributed by atoms with van der Waals surface area (Å²) in [5, 5.41) is 4.65. The summed E-state index contributed by atoms with van der Waals surface area (Å²) in [5.74, 6) is 2.46. The van der Waals surface area contributed by atoms with Crippen molar-refractivity contribution in [3.05, 3.63) is 59.1 Å². The lowest BCUT2D eigenvalue weighted by Gasteiger charge is -2.23. The summed E-state index contributed by atoms with van der Waals surface area (Å²) >= 11 is 1.70. The predicted molar refractivity (Wildman–Crippen MR) is 114 cm³/mol. The van der Waals surface area contributed by atoms with Gasteiger partial charge >= 0.3 is 0 Å². The normalized spacial score (nSPS) is 12.6. The van der Waals surface area contributed by atoms with E-state index in [1.807, 2.05) is 38.4 Å². The molecule has 0 saturated heterocycles. The predicted octanol–water partition coefficient (Wildman–Crippen LogP) is 4.68. The molecule has 0 aliphatic heterocycles. The SMILES string of the molecule is Cc1sc2nc(-c3cccnc3)nc(NC[C@@H](c3ccco3)N(C)C)c2c1C. The molecule has 4 aromatic rings. The molecule has 0 aliphatic carbocycles. The number of hydrogen-bond acceptors (Lipinski definition) is 7. The smallest absolute Gasteiger partial charge is 0.164 e. The standard InChI is InChI=1S/C21H23N5OS/c1-13-14(2)28-21-18(13)20(24-19(25-21)15-7-5-9-22-11-15)23-12-16(26(3)4)17-8-6-10-27-17/h5-11,16H,12H2,1-4H3,(H,23,24,25)/t16-/m0/s1. The molecule has 1 N–H and O–H groups in total. The Morgan fingerprint density at radius 3 is 2.71 bits per heavy atom. The average Bonchev–Trinajstić information content (AvgIpc) is 3.31. The van der Waals surface area contributed by atoms with Gasteiger partial charge in [0.25, 0.3) is 0 Å². The van der Waals surface area contributed by atoms with Gasteiger partial charge in [-0.1, -0.05) is 0 Å². The third-order valence-electron chi connectivity index (χ3n) is 4.91. The molecule has 0 aromatic carbocycles. The van der Waals surface area contributed by atoms with Crippen LogP contribution in [-0.2, 0) is 0 Å². The number of furan rings is 1. The van der Waals surface area contributed by atoms with Gasteiger partial charge in [0.1, 0.15) is 16.4 Å². The minimum absolute atomic E-state index is 0.0990. The number of anilines is 1. The zero-order chi connectivity index (χ0) is 19.7. The van der Waals surface area contributed by atoms with E-state index in [1.165, 1.54) is 10.4 Å². The van der Waals surface area contributed by atoms with E-state index in [0.717, 1.165) is 27.4 Å². The number of fused-ring (bicyclic) bond motifs is 1. The highest BCUT2D eigenvalue weighted by Crippen LogP contribution is 2.35. The van der Waals surface area contributed by atoms with Gasteiger partial charge in [-0.05, 0) is 57.8 Å². The Hall–Kier alpha value is -2.77. The number of hydrogen-bond donors (Lipinski definition) is 1. The molecule has 0 aliphatic rings. The molecule has 1 atom stereocenters. The lowest BCUT2D eigenvalue weighted by atomic mass is 10.1. The van der Waals surface area contributed by atoms with E-state index in [2.05, 4.69) is 29.0 Å². The van der Waals surface area contributed by atoms with Crippen molar-refractivity contribution in [3.8, 4) is 11.4 Å². The zero-order valence-electron chi connectivity index (χ0n) is 16.4. The molecular formula is C21H23N5OS. The van der Waals surface area contributed by atoms with Gasteiger partial charge < -0.3 is 9.73 Å². The van der Waals surface area contributed by atoms with Gasteiger partial charge in [0.15, 0.2) is 5.82 Å². The molecule has 0 saturated carbocycles. The van der Waals surface area contributed by atoms with E-state index in [1.54, 1.807) is 30.0 Å². The van der Waals surface area contributed by atoms with Gasteiger partial charge in [-0.25, -0.2) is 9.97 Å². The van der Waals surface area contributed by atoms with Crippen LogP contribution in [0.1, 0.15) is 22.2 Å². The van der Waals surface area contributed by atoms with Crippen molar-refractivity contribution in [2.45, 2.75) is 19.9 Å². The average molecular weight is 394 g/mol. The molecule has 0 bridgehead atoms. The second-order valence-corrected chi connectivity index (χ2v) is 8.18. The fourth-order valence-corrected chi connectivity index (χ4v) is 4.24. The van der Waals surface area contributed by atoms with E-state index >= 15 is 0 Å². The number of nitrogens with zero attached hydrogens (tertiary/aromatic N) is 4. The molecule has 144 valence electrons. The number of thiophene rings is 1. The molecule has 0 fully saturated rings. The fraction of sp³-hybridized carbons (Fsp3) is 0.286. The third kappa shape index (κ3) is 3.50. The van der Waals surface area contributed by atoms with Crippen molar-refractivity contribution < 1.29 is 4.42 Å². The summed E-state index contributed by atoms with van der Waals surface area (Å²) in [7, 11) is 4.09. The fourth-order valence-electron chi connectivity index (χ4n) is 3.21. The van der Waals surface area contributed by atoms with Crippen LogP contribution in [0, 0.1) is 13.8 Å². The highest BCUT2D eigenvalue weighted by Gasteiger charge is 2.20. The highest BCUT2D eigenvalue weighted by molar-refractivity contribution is 7.18. The van der Waals surface area contributed by atoms with E-state index in [9.17, 15) is 0 Å². The van der Waals surface area contributed by atoms with Crippen LogP contribution in [0.2, 0.25) is 0 Å². The Balaban J connectivity index is 1.74. The van der Waals surface area contributed by atoms with Gasteiger partial charge in [0, 0.05) is 29.4 Å². The van der Waals surface area contributed by atoms with Crippen molar-refractivity contribution in [3.63, 3.8) is 0 Å². The van der Waals surface area contributed by atoms with Crippen LogP contribution in [0.25, 0.3) is 21.6 Å². The first-order valence-corrected chi connectivity index (χ1v) is 9.98. The molecule has 28 heavy (non-hydrogen) atoms. The molecule has 7 heteroatoms. The first kappa shape index (κ1) is 18.6. The summed E-state index contributed by atoms with van der Waals surface area (Å²) in [6.07, 6.45) is 5.26. The van der Waals surface area contributed by atoms with Gasteiger partial charge in [0.2, 0.25) is 0 Å². The van der Waals surface area contributed by atoms with E-state index in [-0.39, 0.29) is 6.04 Å². The number of pyridine rings is 1. The van der Waals surface area contributed by atoms with E-state index < -0.39 is 0 Å². The Morgan fingerprint density at radius 2 is 2.04 bits per heavy atom. The minimum Gasteiger partial charge on any atom is -0.468 e. The van der Waals surface area contributed by atoms with Crippen molar-refractivity contribution in [1.29, 1.82) is 0 Å². The monoisotopic (exact) mass is 393 g/mol. The molecule has 0 amide bonds. The highest BCUT2D eigenvalue weighted by atomic mass is 32.1. The number of rotatable bonds is 6. The first-order chi connectivity index (χ1) is 13.5. The van der Waals surface area contributed by atoms with Gasteiger partial charge in [-0.2, -0.15) is 0 Å². The van der Waals surface area contributed by atoms with Crippen LogP contribution in [0.3, 0.4) is 0 Å². The number of likely N-dealkylation sites (N-methyl/N-ethyl adjacent to an activating group) is 1. The number of aromatic nitrogens is 3. The van der Waals surface area contributed by atoms with E-state index in [0.29, 0.717) is 12.4 Å². The third-order valence-corrected chi connectivity index (χ3v) is 6.01. The first-order valence-electron chi connectivity index (χ1n) is 9.16. The summed E-state index contributed by atoms with van der Waals surface area (Å²) in [6.45, 7) is 4.93. The summed E-state index contributed by atoms with van der Waals surface area (Å²) < 4.78 is 5.63. The zero-order valence-corrected chi connectivity index (χ0v) is 17.2. The molecule has 4 rings (SSSR count). The lowest BCUT2D eigenvalue weighted by molar-refractivity contribution is 0.269. The Bertz CT molecular complexity index is 1070. The Kier molecular flexibility index (Phi) is 5.11. The molecule has 0 spiro atoms. The van der Waals surface area contributed by atoms with Gasteiger partial charge in [-0.3, -0.25) is 9.88 Å². The van der Waals surface area contributed by atoms with Gasteiger partial charge in [-0.15, -0.1) is 11.3 Å². The van der Waals surface area contributed by atoms with Crippen LogP contribution in [0.4, 0.5) is 5.82 Å². The topological polar surface area (TPSA) is 67.1 Å². The van der Waals surface area contributed by atoms with Crippen LogP contribution in [0.15, 0.2) is 47.3 Å². The summed E-state index contributed by atoms with van der Waals surface area (Å²) in [4.78, 5) is 18.2. The summed E-state index contributed by atoms with van der Waals surface area (Å²) in [5.41, 5.74) is 2.13. The molecule has 0 unspecified atom stereocenters. The molecule has 4 heterocycles. The Labute approximate surface area is 168 Å². The minimum atomic E-state index is 0.0990. The van der Waals surface area contributed by atoms with Crippen molar-refractivity contribution in [2.75, 3.05) is 26.0 Å². The maximum atomic E-state index is 5.63. The summed E-state index contributed by atoms with van der Waals surface area (Å²) in [6, 6.07) is 7.91. The maximum Gasteiger partial charge on any atom is 0.164 e. The number of nitrogens with one attached hydrogen (secondary N) is 1. The van der Waals surface area contributed by atoms with Crippen molar-refractivity contribution >= 4 is 27.4 Å². The molecule has 6 nitrogen and oxygen atoms in total. The van der Waals surface area contributed by atoms with Crippen molar-refractivity contribution in [2.24, 2.45) is 0 Å². The second kappa shape index (κ2) is 7.69. The molecule has 0 radical (unpaired) electrons. The lowest BCUT2D eigenvalue weighted by Crippen LogP contribution is -2.26. The van der Waals surface area contributed by atoms with E-state index in [4.69, 9.17) is 14.4 Å². The number of aryl methyl sites for hydroxylation is 2. The second-order valence-electron chi connectivity index (χ2n) is 6.98. The van der Waals surface area contributed by atoms with Crippen LogP contribution >= 0.6 is 11.3 Å². The Morgan fingerprint density at radius 1 is 1.18 bits per heavy atom. The molecule has 4 aromatic heterocycles. The van der Waals surface area contributed by atoms with Crippen LogP contribution in [-0.4, -0.2) is 40.5 Å².